The minimum Gasteiger partial charge on any atom is -0.345 e. The third kappa shape index (κ3) is 7.62. The van der Waals surface area contributed by atoms with Gasteiger partial charge in [-0.15, -0.1) is 0 Å². The van der Waals surface area contributed by atoms with Crippen LogP contribution >= 0.6 is 34.8 Å². The first-order chi connectivity index (χ1) is 18.4. The van der Waals surface area contributed by atoms with Crippen molar-refractivity contribution in [3.63, 3.8) is 0 Å². The Labute approximate surface area is 240 Å². The van der Waals surface area contributed by atoms with Crippen LogP contribution < -0.4 is 10.6 Å². The van der Waals surface area contributed by atoms with E-state index in [1.165, 1.54) is 32.1 Å². The molecule has 3 rings (SSSR count). The lowest BCUT2D eigenvalue weighted by Crippen LogP contribution is -2.56. The molecule has 0 aliphatic heterocycles. The number of alkyl halides is 6. The van der Waals surface area contributed by atoms with Gasteiger partial charge >= 0.3 is 12.4 Å². The van der Waals surface area contributed by atoms with E-state index in [0.29, 0.717) is 16.3 Å². The Bertz CT molecular complexity index is 1450. The van der Waals surface area contributed by atoms with Crippen molar-refractivity contribution < 1.29 is 35.9 Å². The predicted molar refractivity (Wildman–Crippen MR) is 144 cm³/mol. The number of hydrogen-bond donors (Lipinski definition) is 2. The zero-order chi connectivity index (χ0) is 30.0. The maximum absolute atomic E-state index is 14.0. The van der Waals surface area contributed by atoms with E-state index >= 15 is 0 Å². The van der Waals surface area contributed by atoms with Crippen molar-refractivity contribution in [2.45, 2.75) is 37.7 Å². The van der Waals surface area contributed by atoms with Gasteiger partial charge in [0.25, 0.3) is 5.91 Å². The zero-order valence-electron chi connectivity index (χ0n) is 20.8. The molecule has 0 aromatic heterocycles. The van der Waals surface area contributed by atoms with Gasteiger partial charge in [0.05, 0.1) is 21.0 Å². The fourth-order valence-electron chi connectivity index (χ4n) is 3.84. The zero-order valence-corrected chi connectivity index (χ0v) is 23.0. The Balaban J connectivity index is 1.95. The molecular formula is C27H21Cl3F6N2O2. The lowest BCUT2D eigenvalue weighted by molar-refractivity contribution is -0.141. The van der Waals surface area contributed by atoms with Gasteiger partial charge in [-0.1, -0.05) is 77.3 Å². The first-order valence-corrected chi connectivity index (χ1v) is 12.6. The first kappa shape index (κ1) is 31.6. The van der Waals surface area contributed by atoms with Crippen LogP contribution in [0, 0.1) is 0 Å². The van der Waals surface area contributed by atoms with Crippen LogP contribution in [0.4, 0.5) is 26.3 Å². The first-order valence-electron chi connectivity index (χ1n) is 11.5. The Kier molecular flexibility index (Phi) is 9.38. The van der Waals surface area contributed by atoms with Gasteiger partial charge in [0.15, 0.2) is 0 Å². The van der Waals surface area contributed by atoms with Gasteiger partial charge in [0.1, 0.15) is 12.1 Å². The van der Waals surface area contributed by atoms with Crippen LogP contribution in [0.15, 0.2) is 54.6 Å². The summed E-state index contributed by atoms with van der Waals surface area (Å²) in [6.45, 7) is 0.910. The van der Waals surface area contributed by atoms with E-state index < -0.39 is 42.2 Å². The molecule has 0 saturated carbocycles. The minimum atomic E-state index is -4.70. The van der Waals surface area contributed by atoms with E-state index in [1.807, 2.05) is 0 Å². The van der Waals surface area contributed by atoms with Crippen molar-refractivity contribution in [3.05, 3.63) is 86.4 Å². The summed E-state index contributed by atoms with van der Waals surface area (Å²) in [7, 11) is 0. The highest BCUT2D eigenvalue weighted by Crippen LogP contribution is 2.41. The predicted octanol–water partition coefficient (Wildman–Crippen LogP) is 8.35. The summed E-state index contributed by atoms with van der Waals surface area (Å²) in [5.74, 6) is -3.90. The lowest BCUT2D eigenvalue weighted by Gasteiger charge is -2.26. The monoisotopic (exact) mass is 624 g/mol. The molecule has 0 saturated heterocycles. The third-order valence-electron chi connectivity index (χ3n) is 5.83. The molecule has 0 spiro atoms. The van der Waals surface area contributed by atoms with Crippen LogP contribution in [0.3, 0.4) is 0 Å². The minimum absolute atomic E-state index is 0.0630. The van der Waals surface area contributed by atoms with Gasteiger partial charge in [-0.05, 0) is 53.9 Å². The molecule has 1 atom stereocenters. The summed E-state index contributed by atoms with van der Waals surface area (Å²) >= 11 is 17.8. The molecule has 40 heavy (non-hydrogen) atoms. The van der Waals surface area contributed by atoms with Crippen molar-refractivity contribution in [2.24, 2.45) is 0 Å². The largest absolute Gasteiger partial charge is 0.405 e. The molecule has 3 aromatic rings. The Morgan fingerprint density at radius 1 is 0.900 bits per heavy atom. The van der Waals surface area contributed by atoms with Crippen LogP contribution in [0.1, 0.15) is 41.3 Å². The van der Waals surface area contributed by atoms with Crippen LogP contribution in [0.5, 0.6) is 0 Å². The smallest absolute Gasteiger partial charge is 0.345 e. The maximum atomic E-state index is 14.0. The van der Waals surface area contributed by atoms with Gasteiger partial charge in [0.2, 0.25) is 5.91 Å². The van der Waals surface area contributed by atoms with E-state index in [0.717, 1.165) is 18.2 Å². The molecular weight excluding hydrogens is 605 g/mol. The summed E-state index contributed by atoms with van der Waals surface area (Å²) in [6.07, 6.45) is -7.17. The third-order valence-corrected chi connectivity index (χ3v) is 7.03. The molecule has 13 heteroatoms. The fourth-order valence-corrected chi connectivity index (χ4v) is 4.45. The van der Waals surface area contributed by atoms with Crippen molar-refractivity contribution in [1.82, 2.24) is 10.6 Å². The molecule has 1 unspecified atom stereocenters. The molecule has 214 valence electrons. The molecule has 0 heterocycles. The van der Waals surface area contributed by atoms with Crippen LogP contribution in [-0.2, 0) is 4.79 Å². The number of carbonyl (C=O) groups excluding carboxylic acids is 2. The van der Waals surface area contributed by atoms with Crippen LogP contribution in [-0.4, -0.2) is 36.3 Å². The van der Waals surface area contributed by atoms with E-state index in [2.05, 4.69) is 5.32 Å². The quantitative estimate of drug-likeness (QED) is 0.205. The summed E-state index contributed by atoms with van der Waals surface area (Å²) in [4.78, 5) is 25.3. The average Bonchev–Trinajstić information content (AvgIpc) is 2.84. The van der Waals surface area contributed by atoms with E-state index in [4.69, 9.17) is 34.8 Å². The van der Waals surface area contributed by atoms with E-state index in [-0.39, 0.29) is 26.2 Å². The molecule has 0 bridgehead atoms. The molecule has 3 aromatic carbocycles. The summed E-state index contributed by atoms with van der Waals surface area (Å²) in [5, 5.41) is 4.55. The number of hydrogen-bond acceptors (Lipinski definition) is 2. The van der Waals surface area contributed by atoms with Gasteiger partial charge in [-0.25, -0.2) is 0 Å². The highest BCUT2D eigenvalue weighted by Gasteiger charge is 2.39. The Hall–Kier alpha value is -2.95. The van der Waals surface area contributed by atoms with Crippen molar-refractivity contribution in [3.8, 4) is 0 Å². The number of carbonyl (C=O) groups is 2. The second kappa shape index (κ2) is 11.9. The molecule has 2 N–H and O–H groups in total. The second-order valence-electron chi connectivity index (χ2n) is 9.30. The highest BCUT2D eigenvalue weighted by atomic mass is 35.5. The van der Waals surface area contributed by atoms with Crippen molar-refractivity contribution in [1.29, 1.82) is 0 Å². The lowest BCUT2D eigenvalue weighted by atomic mass is 9.94. The van der Waals surface area contributed by atoms with Crippen LogP contribution in [0.2, 0.25) is 15.1 Å². The van der Waals surface area contributed by atoms with Gasteiger partial charge in [-0.2, -0.15) is 26.3 Å². The summed E-state index contributed by atoms with van der Waals surface area (Å²) in [6, 6.07) is 11.3. The number of halogens is 9. The highest BCUT2D eigenvalue weighted by molar-refractivity contribution is 6.48. The number of benzene rings is 3. The number of rotatable bonds is 7. The SMILES string of the molecule is CC(C)(NC(=O)c1ccc(/C=C/C(c2cc(Cl)c(Cl)c(Cl)c2)C(F)(F)F)c2ccccc12)C(=O)NCC(F)(F)F. The molecule has 0 radical (unpaired) electrons. The summed E-state index contributed by atoms with van der Waals surface area (Å²) < 4.78 is 79.4. The fraction of sp³-hybridized carbons (Fsp3) is 0.259. The molecule has 2 amide bonds. The van der Waals surface area contributed by atoms with E-state index in [1.54, 1.807) is 29.6 Å². The standard InChI is InChI=1S/C27H21Cl3F6N2O2/c1-25(2,24(40)37-13-26(31,32)33)38-23(39)18-9-7-14(16-5-3-4-6-17(16)18)8-10-19(27(34,35)36)15-11-20(28)22(30)21(29)12-15/h3-12,19H,13H2,1-2H3,(H,37,40)(H,38,39)/b10-8+. The van der Waals surface area contributed by atoms with Crippen molar-refractivity contribution >= 4 is 63.5 Å². The number of allylic oxidation sites excluding steroid dienone is 1. The molecule has 0 fully saturated rings. The average molecular weight is 626 g/mol. The van der Waals surface area contributed by atoms with Gasteiger partial charge in [-0.3, -0.25) is 9.59 Å². The topological polar surface area (TPSA) is 58.2 Å². The number of nitrogens with one attached hydrogen (secondary N) is 2. The Morgan fingerprint density at radius 3 is 2.02 bits per heavy atom. The Morgan fingerprint density at radius 2 is 1.48 bits per heavy atom. The number of fused-ring (bicyclic) bond motifs is 1. The van der Waals surface area contributed by atoms with Gasteiger partial charge in [0, 0.05) is 5.56 Å². The van der Waals surface area contributed by atoms with Crippen LogP contribution in [0.25, 0.3) is 16.8 Å². The summed E-state index contributed by atoms with van der Waals surface area (Å²) in [5.41, 5.74) is -1.53. The van der Waals surface area contributed by atoms with Gasteiger partial charge < -0.3 is 10.6 Å². The molecule has 0 aliphatic rings. The molecule has 0 aliphatic carbocycles. The normalized spacial score (nSPS) is 13.5. The number of amides is 2. The maximum Gasteiger partial charge on any atom is 0.405 e. The van der Waals surface area contributed by atoms with E-state index in [9.17, 15) is 35.9 Å². The molecule has 4 nitrogen and oxygen atoms in total. The van der Waals surface area contributed by atoms with Crippen molar-refractivity contribution in [2.75, 3.05) is 6.54 Å². The second-order valence-corrected chi connectivity index (χ2v) is 10.5.